The third kappa shape index (κ3) is 3.15. The zero-order chi connectivity index (χ0) is 14.9. The number of methoxy groups -OCH3 is 1. The van der Waals surface area contributed by atoms with Gasteiger partial charge in [-0.2, -0.15) is 0 Å². The van der Waals surface area contributed by atoms with E-state index in [9.17, 15) is 9.90 Å². The topological polar surface area (TPSA) is 59.0 Å². The number of amides is 1. The van der Waals surface area contributed by atoms with Crippen LogP contribution in [0.1, 0.15) is 31.9 Å². The summed E-state index contributed by atoms with van der Waals surface area (Å²) in [6, 6.07) is 3.49. The Hall–Kier alpha value is -1.91. The van der Waals surface area contributed by atoms with Gasteiger partial charge in [-0.05, 0) is 50.5 Å². The molecule has 0 fully saturated rings. The second-order valence-corrected chi connectivity index (χ2v) is 5.94. The summed E-state index contributed by atoms with van der Waals surface area (Å²) in [6.45, 7) is 6.62. The Morgan fingerprint density at radius 2 is 2.00 bits per heavy atom. The molecule has 0 spiro atoms. The van der Waals surface area contributed by atoms with Crippen molar-refractivity contribution in [3.63, 3.8) is 0 Å². The normalized spacial score (nSPS) is 14.7. The van der Waals surface area contributed by atoms with Crippen molar-refractivity contribution in [2.24, 2.45) is 0 Å². The van der Waals surface area contributed by atoms with Crippen molar-refractivity contribution in [3.8, 4) is 11.5 Å². The van der Waals surface area contributed by atoms with Crippen molar-refractivity contribution in [3.05, 3.63) is 23.3 Å². The van der Waals surface area contributed by atoms with Crippen LogP contribution in [0, 0.1) is 0 Å². The fourth-order valence-electron chi connectivity index (χ4n) is 2.22. The van der Waals surface area contributed by atoms with Gasteiger partial charge in [0.05, 0.1) is 7.11 Å². The molecular weight excluding hydrogens is 258 g/mol. The molecule has 1 aliphatic rings. The summed E-state index contributed by atoms with van der Waals surface area (Å²) in [4.78, 5) is 13.7. The molecule has 1 amide bonds. The Morgan fingerprint density at radius 3 is 2.60 bits per heavy atom. The lowest BCUT2D eigenvalue weighted by molar-refractivity contribution is 0.0224. The number of benzene rings is 1. The van der Waals surface area contributed by atoms with Crippen molar-refractivity contribution in [1.82, 2.24) is 4.90 Å². The number of nitrogens with zero attached hydrogens (tertiary/aromatic N) is 1. The molecule has 1 aliphatic heterocycles. The van der Waals surface area contributed by atoms with Crippen LogP contribution in [0.25, 0.3) is 0 Å². The highest BCUT2D eigenvalue weighted by atomic mass is 16.6. The summed E-state index contributed by atoms with van der Waals surface area (Å²) in [6.07, 6.45) is 0.391. The van der Waals surface area contributed by atoms with E-state index in [1.807, 2.05) is 20.8 Å². The largest absolute Gasteiger partial charge is 0.504 e. The summed E-state index contributed by atoms with van der Waals surface area (Å²) >= 11 is 0. The summed E-state index contributed by atoms with van der Waals surface area (Å²) in [5.41, 5.74) is 1.53. The molecule has 20 heavy (non-hydrogen) atoms. The maximum Gasteiger partial charge on any atom is 0.410 e. The number of hydrogen-bond donors (Lipinski definition) is 1. The van der Waals surface area contributed by atoms with Crippen LogP contribution in [0.4, 0.5) is 4.79 Å². The van der Waals surface area contributed by atoms with Crippen LogP contribution in [0.15, 0.2) is 12.1 Å². The Kier molecular flexibility index (Phi) is 3.79. The smallest absolute Gasteiger partial charge is 0.410 e. The van der Waals surface area contributed by atoms with Gasteiger partial charge in [-0.15, -0.1) is 0 Å². The average molecular weight is 279 g/mol. The Bertz CT molecular complexity index is 519. The van der Waals surface area contributed by atoms with E-state index in [-0.39, 0.29) is 11.8 Å². The van der Waals surface area contributed by atoms with Gasteiger partial charge in [-0.1, -0.05) is 0 Å². The van der Waals surface area contributed by atoms with Crippen molar-refractivity contribution >= 4 is 6.09 Å². The van der Waals surface area contributed by atoms with Gasteiger partial charge < -0.3 is 19.5 Å². The van der Waals surface area contributed by atoms with Gasteiger partial charge in [0.25, 0.3) is 0 Å². The van der Waals surface area contributed by atoms with E-state index in [4.69, 9.17) is 9.47 Å². The minimum atomic E-state index is -0.496. The van der Waals surface area contributed by atoms with Crippen LogP contribution >= 0.6 is 0 Å². The van der Waals surface area contributed by atoms with Crippen LogP contribution in [0.5, 0.6) is 11.5 Å². The minimum absolute atomic E-state index is 0.136. The summed E-state index contributed by atoms with van der Waals surface area (Å²) in [5, 5.41) is 9.76. The van der Waals surface area contributed by atoms with Gasteiger partial charge in [-0.3, -0.25) is 0 Å². The van der Waals surface area contributed by atoms with Crippen molar-refractivity contribution in [1.29, 1.82) is 0 Å². The van der Waals surface area contributed by atoms with E-state index < -0.39 is 5.60 Å². The van der Waals surface area contributed by atoms with Crippen LogP contribution in [-0.4, -0.2) is 35.4 Å². The molecule has 0 atom stereocenters. The summed E-state index contributed by atoms with van der Waals surface area (Å²) in [5.74, 6) is 0.562. The van der Waals surface area contributed by atoms with Gasteiger partial charge in [0, 0.05) is 13.1 Å². The fraction of sp³-hybridized carbons (Fsp3) is 0.533. The number of aromatic hydroxyl groups is 1. The standard InChI is InChI=1S/C15H21NO4/c1-15(2,3)20-14(18)16-6-5-10-7-12(17)13(19-4)8-11(10)9-16/h7-8,17H,5-6,9H2,1-4H3. The zero-order valence-corrected chi connectivity index (χ0v) is 12.4. The van der Waals surface area contributed by atoms with E-state index in [2.05, 4.69) is 0 Å². The third-order valence-electron chi connectivity index (χ3n) is 3.17. The molecule has 5 heteroatoms. The Labute approximate surface area is 119 Å². The molecule has 110 valence electrons. The highest BCUT2D eigenvalue weighted by Crippen LogP contribution is 2.32. The maximum absolute atomic E-state index is 12.1. The summed E-state index contributed by atoms with van der Waals surface area (Å²) < 4.78 is 10.5. The molecule has 1 aromatic rings. The van der Waals surface area contributed by atoms with Gasteiger partial charge >= 0.3 is 6.09 Å². The first-order valence-corrected chi connectivity index (χ1v) is 6.67. The molecule has 0 saturated carbocycles. The molecule has 1 aromatic carbocycles. The van der Waals surface area contributed by atoms with E-state index >= 15 is 0 Å². The predicted octanol–water partition coefficient (Wildman–Crippen LogP) is 2.69. The van der Waals surface area contributed by atoms with Crippen LogP contribution in [-0.2, 0) is 17.7 Å². The molecule has 2 rings (SSSR count). The van der Waals surface area contributed by atoms with E-state index in [0.717, 1.165) is 11.1 Å². The molecule has 0 radical (unpaired) electrons. The lowest BCUT2D eigenvalue weighted by atomic mass is 9.99. The number of ether oxygens (including phenoxy) is 2. The quantitative estimate of drug-likeness (QED) is 0.858. The lowest BCUT2D eigenvalue weighted by Gasteiger charge is -2.31. The fourth-order valence-corrected chi connectivity index (χ4v) is 2.22. The first kappa shape index (κ1) is 14.5. The van der Waals surface area contributed by atoms with Gasteiger partial charge in [-0.25, -0.2) is 4.79 Å². The molecule has 1 heterocycles. The minimum Gasteiger partial charge on any atom is -0.504 e. The van der Waals surface area contributed by atoms with Gasteiger partial charge in [0.1, 0.15) is 5.60 Å². The first-order chi connectivity index (χ1) is 9.30. The molecular formula is C15H21NO4. The van der Waals surface area contributed by atoms with Gasteiger partial charge in [0.15, 0.2) is 11.5 Å². The third-order valence-corrected chi connectivity index (χ3v) is 3.17. The number of carbonyl (C=O) groups is 1. The predicted molar refractivity (Wildman–Crippen MR) is 75.0 cm³/mol. The zero-order valence-electron chi connectivity index (χ0n) is 12.4. The second kappa shape index (κ2) is 5.23. The SMILES string of the molecule is COc1cc2c(cc1O)CCN(C(=O)OC(C)(C)C)C2. The number of phenols is 1. The second-order valence-electron chi connectivity index (χ2n) is 5.94. The number of carbonyl (C=O) groups excluding carboxylic acids is 1. The molecule has 0 unspecified atom stereocenters. The lowest BCUT2D eigenvalue weighted by Crippen LogP contribution is -2.39. The Balaban J connectivity index is 2.16. The molecule has 0 aliphatic carbocycles. The van der Waals surface area contributed by atoms with E-state index in [1.54, 1.807) is 17.0 Å². The highest BCUT2D eigenvalue weighted by Gasteiger charge is 2.26. The monoisotopic (exact) mass is 279 g/mol. The molecule has 1 N–H and O–H groups in total. The van der Waals surface area contributed by atoms with Crippen molar-refractivity contribution in [2.45, 2.75) is 39.3 Å². The maximum atomic E-state index is 12.1. The number of rotatable bonds is 1. The van der Waals surface area contributed by atoms with Crippen molar-refractivity contribution in [2.75, 3.05) is 13.7 Å². The first-order valence-electron chi connectivity index (χ1n) is 6.67. The van der Waals surface area contributed by atoms with Crippen LogP contribution in [0.3, 0.4) is 0 Å². The van der Waals surface area contributed by atoms with Gasteiger partial charge in [0.2, 0.25) is 0 Å². The van der Waals surface area contributed by atoms with Crippen LogP contribution < -0.4 is 4.74 Å². The molecule has 0 aromatic heterocycles. The van der Waals surface area contributed by atoms with E-state index in [0.29, 0.717) is 25.3 Å². The Morgan fingerprint density at radius 1 is 1.30 bits per heavy atom. The van der Waals surface area contributed by atoms with Crippen LogP contribution in [0.2, 0.25) is 0 Å². The van der Waals surface area contributed by atoms with Crippen molar-refractivity contribution < 1.29 is 19.4 Å². The number of fused-ring (bicyclic) bond motifs is 1. The number of phenolic OH excluding ortho intramolecular Hbond substituents is 1. The highest BCUT2D eigenvalue weighted by molar-refractivity contribution is 5.69. The number of hydrogen-bond acceptors (Lipinski definition) is 4. The summed E-state index contributed by atoms with van der Waals surface area (Å²) in [7, 11) is 1.51. The average Bonchev–Trinajstić information content (AvgIpc) is 2.35. The molecule has 0 saturated heterocycles. The molecule has 5 nitrogen and oxygen atoms in total. The van der Waals surface area contributed by atoms with E-state index in [1.165, 1.54) is 7.11 Å². The molecule has 0 bridgehead atoms.